The fourth-order valence-corrected chi connectivity index (χ4v) is 3.35. The summed E-state index contributed by atoms with van der Waals surface area (Å²) in [6, 6.07) is 13.2. The molecule has 0 saturated carbocycles. The van der Waals surface area contributed by atoms with Crippen molar-refractivity contribution in [3.63, 3.8) is 0 Å². The van der Waals surface area contributed by atoms with Crippen LogP contribution in [0, 0.1) is 17.0 Å². The number of carbonyl (C=O) groups is 1. The number of non-ortho nitro benzene ring substituents is 1. The number of thiazole rings is 1. The average molecular weight is 396 g/mol. The van der Waals surface area contributed by atoms with E-state index in [2.05, 4.69) is 10.3 Å². The van der Waals surface area contributed by atoms with Crippen molar-refractivity contribution >= 4 is 28.7 Å². The van der Waals surface area contributed by atoms with E-state index in [1.807, 2.05) is 43.5 Å². The van der Waals surface area contributed by atoms with Crippen LogP contribution in [0.1, 0.15) is 23.5 Å². The van der Waals surface area contributed by atoms with E-state index in [9.17, 15) is 14.9 Å². The van der Waals surface area contributed by atoms with Gasteiger partial charge in [-0.2, -0.15) is 0 Å². The number of nitrogens with one attached hydrogen (secondary N) is 1. The fraction of sp³-hybridized carbons (Fsp3) is 0.200. The van der Waals surface area contributed by atoms with Crippen LogP contribution in [0.5, 0.6) is 0 Å². The van der Waals surface area contributed by atoms with E-state index >= 15 is 0 Å². The summed E-state index contributed by atoms with van der Waals surface area (Å²) in [7, 11) is 1.66. The second-order valence-electron chi connectivity index (χ2n) is 6.40. The molecule has 0 saturated heterocycles. The van der Waals surface area contributed by atoms with Crippen LogP contribution in [-0.4, -0.2) is 27.9 Å². The molecule has 7 nitrogen and oxygen atoms in total. The van der Waals surface area contributed by atoms with Gasteiger partial charge < -0.3 is 10.2 Å². The van der Waals surface area contributed by atoms with Crippen LogP contribution in [-0.2, 0) is 0 Å². The summed E-state index contributed by atoms with van der Waals surface area (Å²) in [5, 5.41) is 16.8. The molecule has 144 valence electrons. The Balaban J connectivity index is 1.68. The molecule has 0 radical (unpaired) electrons. The first-order chi connectivity index (χ1) is 13.3. The van der Waals surface area contributed by atoms with Gasteiger partial charge in [-0.05, 0) is 31.5 Å². The molecule has 28 heavy (non-hydrogen) atoms. The number of nitrogens with zero attached hydrogens (tertiary/aromatic N) is 3. The molecule has 0 aliphatic heterocycles. The highest BCUT2D eigenvalue weighted by Gasteiger charge is 2.19. The highest BCUT2D eigenvalue weighted by molar-refractivity contribution is 7.09. The van der Waals surface area contributed by atoms with E-state index in [0.29, 0.717) is 11.3 Å². The molecule has 3 rings (SSSR count). The van der Waals surface area contributed by atoms with Crippen molar-refractivity contribution in [2.45, 2.75) is 19.9 Å². The van der Waals surface area contributed by atoms with Crippen LogP contribution in [0.15, 0.2) is 53.9 Å². The standard InChI is InChI=1S/C20H20N4O3S/c1-13(16-5-4-6-18(11-16)24(26)27)23(3)20(25)22-17-9-7-15(8-10-17)19-12-28-14(2)21-19/h4-13H,1-3H3,(H,22,25). The van der Waals surface area contributed by atoms with Gasteiger partial charge in [0.1, 0.15) is 0 Å². The van der Waals surface area contributed by atoms with Gasteiger partial charge in [-0.25, -0.2) is 9.78 Å². The van der Waals surface area contributed by atoms with E-state index in [0.717, 1.165) is 16.3 Å². The number of hydrogen-bond donors (Lipinski definition) is 1. The zero-order chi connectivity index (χ0) is 20.3. The van der Waals surface area contributed by atoms with Gasteiger partial charge >= 0.3 is 6.03 Å². The van der Waals surface area contributed by atoms with Gasteiger partial charge in [0.2, 0.25) is 0 Å². The van der Waals surface area contributed by atoms with Crippen LogP contribution in [0.3, 0.4) is 0 Å². The van der Waals surface area contributed by atoms with Crippen LogP contribution in [0.2, 0.25) is 0 Å². The summed E-state index contributed by atoms with van der Waals surface area (Å²) in [4.78, 5) is 29.1. The molecule has 1 heterocycles. The lowest BCUT2D eigenvalue weighted by molar-refractivity contribution is -0.384. The molecule has 1 atom stereocenters. The van der Waals surface area contributed by atoms with Crippen molar-refractivity contribution in [1.82, 2.24) is 9.88 Å². The molecule has 1 N–H and O–H groups in total. The Morgan fingerprint density at radius 3 is 2.57 bits per heavy atom. The topological polar surface area (TPSA) is 88.4 Å². The second kappa shape index (κ2) is 8.18. The molecule has 0 fully saturated rings. The molecule has 0 bridgehead atoms. The van der Waals surface area contributed by atoms with E-state index in [4.69, 9.17) is 0 Å². The number of rotatable bonds is 5. The number of carbonyl (C=O) groups excluding carboxylic acids is 1. The van der Waals surface area contributed by atoms with Crippen LogP contribution < -0.4 is 5.32 Å². The normalized spacial score (nSPS) is 11.7. The SMILES string of the molecule is Cc1nc(-c2ccc(NC(=O)N(C)C(C)c3cccc([N+](=O)[O-])c3)cc2)cs1. The first kappa shape index (κ1) is 19.5. The van der Waals surface area contributed by atoms with E-state index in [-0.39, 0.29) is 17.8 Å². The minimum absolute atomic E-state index is 0.00558. The second-order valence-corrected chi connectivity index (χ2v) is 7.46. The predicted octanol–water partition coefficient (Wildman–Crippen LogP) is 5.25. The minimum atomic E-state index is -0.443. The molecule has 2 amide bonds. The van der Waals surface area contributed by atoms with Crippen molar-refractivity contribution in [3.8, 4) is 11.3 Å². The van der Waals surface area contributed by atoms with E-state index < -0.39 is 4.92 Å². The van der Waals surface area contributed by atoms with Gasteiger partial charge in [0.15, 0.2) is 0 Å². The lowest BCUT2D eigenvalue weighted by Gasteiger charge is -2.25. The molecule has 2 aromatic carbocycles. The summed E-state index contributed by atoms with van der Waals surface area (Å²) in [6.45, 7) is 3.79. The quantitative estimate of drug-likeness (QED) is 0.471. The number of hydrogen-bond acceptors (Lipinski definition) is 5. The summed E-state index contributed by atoms with van der Waals surface area (Å²) in [5.74, 6) is 0. The number of benzene rings is 2. The summed E-state index contributed by atoms with van der Waals surface area (Å²) >= 11 is 1.59. The summed E-state index contributed by atoms with van der Waals surface area (Å²) < 4.78 is 0. The predicted molar refractivity (Wildman–Crippen MR) is 111 cm³/mol. The molecule has 1 aromatic heterocycles. The highest BCUT2D eigenvalue weighted by atomic mass is 32.1. The lowest BCUT2D eigenvalue weighted by atomic mass is 10.1. The lowest BCUT2D eigenvalue weighted by Crippen LogP contribution is -2.33. The zero-order valence-electron chi connectivity index (χ0n) is 15.7. The Kier molecular flexibility index (Phi) is 5.70. The zero-order valence-corrected chi connectivity index (χ0v) is 16.6. The number of aryl methyl sites for hydroxylation is 1. The minimum Gasteiger partial charge on any atom is -0.321 e. The van der Waals surface area contributed by atoms with Gasteiger partial charge in [-0.3, -0.25) is 10.1 Å². The van der Waals surface area contributed by atoms with Gasteiger partial charge in [0.25, 0.3) is 5.69 Å². The van der Waals surface area contributed by atoms with Crippen molar-refractivity contribution in [2.75, 3.05) is 12.4 Å². The Morgan fingerprint density at radius 2 is 1.96 bits per heavy atom. The van der Waals surface area contributed by atoms with Crippen molar-refractivity contribution < 1.29 is 9.72 Å². The Hall–Kier alpha value is -3.26. The van der Waals surface area contributed by atoms with Gasteiger partial charge in [0.05, 0.1) is 21.7 Å². The number of nitro benzene ring substituents is 1. The Bertz CT molecular complexity index is 1000. The van der Waals surface area contributed by atoms with Gasteiger partial charge in [-0.15, -0.1) is 11.3 Å². The van der Waals surface area contributed by atoms with Crippen LogP contribution in [0.25, 0.3) is 11.3 Å². The average Bonchev–Trinajstić information content (AvgIpc) is 3.13. The van der Waals surface area contributed by atoms with E-state index in [1.54, 1.807) is 30.5 Å². The first-order valence-electron chi connectivity index (χ1n) is 8.66. The van der Waals surface area contributed by atoms with Crippen LogP contribution in [0.4, 0.5) is 16.2 Å². The molecule has 0 aliphatic rings. The van der Waals surface area contributed by atoms with Crippen molar-refractivity contribution in [3.05, 3.63) is 74.6 Å². The largest absolute Gasteiger partial charge is 0.322 e. The molecule has 0 spiro atoms. The third-order valence-electron chi connectivity index (χ3n) is 4.52. The van der Waals surface area contributed by atoms with Crippen LogP contribution >= 0.6 is 11.3 Å². The molecular weight excluding hydrogens is 376 g/mol. The van der Waals surface area contributed by atoms with Gasteiger partial charge in [-0.1, -0.05) is 24.3 Å². The van der Waals surface area contributed by atoms with Crippen molar-refractivity contribution in [1.29, 1.82) is 0 Å². The summed E-state index contributed by atoms with van der Waals surface area (Å²) in [5.41, 5.74) is 3.27. The first-order valence-corrected chi connectivity index (χ1v) is 9.54. The number of aromatic nitrogens is 1. The number of anilines is 1. The maximum atomic E-state index is 12.6. The third-order valence-corrected chi connectivity index (χ3v) is 5.29. The molecule has 1 unspecified atom stereocenters. The van der Waals surface area contributed by atoms with Gasteiger partial charge in [0, 0.05) is 35.8 Å². The fourth-order valence-electron chi connectivity index (χ4n) is 2.73. The third kappa shape index (κ3) is 4.34. The van der Waals surface area contributed by atoms with Crippen molar-refractivity contribution in [2.24, 2.45) is 0 Å². The smallest absolute Gasteiger partial charge is 0.321 e. The molecule has 0 aliphatic carbocycles. The number of urea groups is 1. The Labute approximate surface area is 166 Å². The molecular formula is C20H20N4O3S. The molecule has 3 aromatic rings. The number of amides is 2. The maximum Gasteiger partial charge on any atom is 0.322 e. The maximum absolute atomic E-state index is 12.6. The van der Waals surface area contributed by atoms with E-state index in [1.165, 1.54) is 17.0 Å². The monoisotopic (exact) mass is 396 g/mol. The Morgan fingerprint density at radius 1 is 1.25 bits per heavy atom. The summed E-state index contributed by atoms with van der Waals surface area (Å²) in [6.07, 6.45) is 0. The highest BCUT2D eigenvalue weighted by Crippen LogP contribution is 2.25. The number of nitro groups is 1. The molecule has 8 heteroatoms.